The SMILES string of the molecule is CC(C)(C)c1cccc(CC[NH2+]Cc2ccc3c(c2)Cc2ccccc2-3)c1.[Cl-]. The first kappa shape index (κ1) is 20.6. The molecule has 4 rings (SSSR count). The number of fused-ring (bicyclic) bond motifs is 3. The van der Waals surface area contributed by atoms with E-state index >= 15 is 0 Å². The van der Waals surface area contributed by atoms with E-state index in [1.54, 1.807) is 0 Å². The van der Waals surface area contributed by atoms with Crippen LogP contribution < -0.4 is 17.7 Å². The summed E-state index contributed by atoms with van der Waals surface area (Å²) in [6.45, 7) is 9.03. The Morgan fingerprint density at radius 1 is 0.786 bits per heavy atom. The Labute approximate surface area is 175 Å². The van der Waals surface area contributed by atoms with Gasteiger partial charge in [-0.15, -0.1) is 0 Å². The molecule has 3 aromatic carbocycles. The number of hydrogen-bond acceptors (Lipinski definition) is 0. The molecule has 0 atom stereocenters. The maximum Gasteiger partial charge on any atom is 0.101 e. The van der Waals surface area contributed by atoms with Gasteiger partial charge in [0.2, 0.25) is 0 Å². The first-order valence-electron chi connectivity index (χ1n) is 10.1. The molecule has 0 unspecified atom stereocenters. The average molecular weight is 392 g/mol. The standard InChI is InChI=1S/C26H29N.ClH/c1-26(2,3)23-9-6-7-19(16-23)13-14-27-18-20-11-12-25-22(15-20)17-21-8-4-5-10-24(21)25;/h4-12,15-16,27H,13-14,17-18H2,1-3H3;1H. The Kier molecular flexibility index (Phi) is 6.27. The number of benzene rings is 3. The quantitative estimate of drug-likeness (QED) is 0.500. The fourth-order valence-corrected chi connectivity index (χ4v) is 4.06. The summed E-state index contributed by atoms with van der Waals surface area (Å²) in [5.41, 5.74) is 10.3. The van der Waals surface area contributed by atoms with Crippen LogP contribution in [0, 0.1) is 0 Å². The molecule has 2 heteroatoms. The Morgan fingerprint density at radius 3 is 2.39 bits per heavy atom. The zero-order valence-electron chi connectivity index (χ0n) is 17.1. The van der Waals surface area contributed by atoms with Crippen molar-refractivity contribution < 1.29 is 17.7 Å². The summed E-state index contributed by atoms with van der Waals surface area (Å²) in [5.74, 6) is 0. The number of halogens is 1. The molecule has 1 aliphatic carbocycles. The van der Waals surface area contributed by atoms with Crippen molar-refractivity contribution in [3.8, 4) is 11.1 Å². The molecule has 1 nitrogen and oxygen atoms in total. The number of quaternary nitrogens is 1. The van der Waals surface area contributed by atoms with Gasteiger partial charge in [-0.05, 0) is 51.3 Å². The van der Waals surface area contributed by atoms with Crippen LogP contribution in [0.1, 0.15) is 48.6 Å². The molecule has 0 aliphatic heterocycles. The lowest BCUT2D eigenvalue weighted by Crippen LogP contribution is -3.00. The lowest BCUT2D eigenvalue weighted by molar-refractivity contribution is -0.670. The molecule has 0 aromatic heterocycles. The zero-order chi connectivity index (χ0) is 18.9. The second kappa shape index (κ2) is 8.51. The fraction of sp³-hybridized carbons (Fsp3) is 0.308. The maximum absolute atomic E-state index is 2.44. The molecule has 1 aliphatic rings. The van der Waals surface area contributed by atoms with Crippen molar-refractivity contribution in [1.29, 1.82) is 0 Å². The zero-order valence-corrected chi connectivity index (χ0v) is 17.9. The lowest BCUT2D eigenvalue weighted by Gasteiger charge is -2.19. The Hall–Kier alpha value is -2.09. The molecule has 0 spiro atoms. The van der Waals surface area contributed by atoms with Crippen LogP contribution >= 0.6 is 0 Å². The van der Waals surface area contributed by atoms with Crippen molar-refractivity contribution in [1.82, 2.24) is 0 Å². The van der Waals surface area contributed by atoms with Gasteiger partial charge in [0.25, 0.3) is 0 Å². The van der Waals surface area contributed by atoms with Crippen molar-refractivity contribution in [2.75, 3.05) is 6.54 Å². The smallest absolute Gasteiger partial charge is 0.101 e. The van der Waals surface area contributed by atoms with Gasteiger partial charge in [0.15, 0.2) is 0 Å². The van der Waals surface area contributed by atoms with E-state index in [2.05, 4.69) is 92.8 Å². The highest BCUT2D eigenvalue weighted by molar-refractivity contribution is 5.76. The summed E-state index contributed by atoms with van der Waals surface area (Å²) in [6.07, 6.45) is 2.21. The minimum atomic E-state index is 0. The summed E-state index contributed by atoms with van der Waals surface area (Å²) in [7, 11) is 0. The largest absolute Gasteiger partial charge is 1.00 e. The molecule has 28 heavy (non-hydrogen) atoms. The summed E-state index contributed by atoms with van der Waals surface area (Å²) in [6, 6.07) is 24.9. The summed E-state index contributed by atoms with van der Waals surface area (Å²) >= 11 is 0. The van der Waals surface area contributed by atoms with Crippen molar-refractivity contribution in [2.45, 2.75) is 45.6 Å². The first-order chi connectivity index (χ1) is 13.0. The highest BCUT2D eigenvalue weighted by Gasteiger charge is 2.18. The first-order valence-corrected chi connectivity index (χ1v) is 10.1. The second-order valence-electron chi connectivity index (χ2n) is 8.81. The molecular weight excluding hydrogens is 362 g/mol. The van der Waals surface area contributed by atoms with Crippen molar-refractivity contribution in [3.63, 3.8) is 0 Å². The van der Waals surface area contributed by atoms with Crippen molar-refractivity contribution in [2.24, 2.45) is 0 Å². The minimum Gasteiger partial charge on any atom is -1.00 e. The molecule has 0 heterocycles. The molecule has 3 aromatic rings. The Bertz CT molecular complexity index is 953. The maximum atomic E-state index is 2.44. The molecule has 2 N–H and O–H groups in total. The highest BCUT2D eigenvalue weighted by atomic mass is 35.5. The minimum absolute atomic E-state index is 0. The van der Waals surface area contributed by atoms with E-state index in [-0.39, 0.29) is 17.8 Å². The molecule has 0 amide bonds. The second-order valence-corrected chi connectivity index (χ2v) is 8.81. The Morgan fingerprint density at radius 2 is 1.57 bits per heavy atom. The van der Waals surface area contributed by atoms with E-state index in [1.807, 2.05) is 0 Å². The van der Waals surface area contributed by atoms with Gasteiger partial charge >= 0.3 is 0 Å². The van der Waals surface area contributed by atoms with Gasteiger partial charge in [-0.3, -0.25) is 0 Å². The van der Waals surface area contributed by atoms with Crippen LogP contribution in [-0.4, -0.2) is 6.54 Å². The van der Waals surface area contributed by atoms with Gasteiger partial charge in [0.05, 0.1) is 6.54 Å². The van der Waals surface area contributed by atoms with Crippen LogP contribution in [0.5, 0.6) is 0 Å². The molecule has 0 bridgehead atoms. The molecular formula is C26H30ClN. The number of nitrogens with two attached hydrogens (primary N) is 1. The van der Waals surface area contributed by atoms with E-state index < -0.39 is 0 Å². The summed E-state index contributed by atoms with van der Waals surface area (Å²) in [5, 5.41) is 2.44. The Balaban J connectivity index is 0.00000225. The monoisotopic (exact) mass is 391 g/mol. The van der Waals surface area contributed by atoms with Crippen LogP contribution in [0.15, 0.2) is 66.7 Å². The van der Waals surface area contributed by atoms with E-state index in [1.165, 1.54) is 38.9 Å². The third-order valence-electron chi connectivity index (χ3n) is 5.67. The van der Waals surface area contributed by atoms with Crippen molar-refractivity contribution >= 4 is 0 Å². The van der Waals surface area contributed by atoms with Crippen LogP contribution in [0.3, 0.4) is 0 Å². The van der Waals surface area contributed by atoms with Gasteiger partial charge in [0.1, 0.15) is 6.54 Å². The lowest BCUT2D eigenvalue weighted by atomic mass is 9.86. The van der Waals surface area contributed by atoms with Crippen LogP contribution in [0.4, 0.5) is 0 Å². The topological polar surface area (TPSA) is 16.6 Å². The molecule has 0 radical (unpaired) electrons. The number of hydrogen-bond donors (Lipinski definition) is 1. The van der Waals surface area contributed by atoms with Gasteiger partial charge in [0, 0.05) is 12.0 Å². The number of rotatable bonds is 5. The van der Waals surface area contributed by atoms with Crippen LogP contribution in [0.2, 0.25) is 0 Å². The van der Waals surface area contributed by atoms with Crippen LogP contribution in [0.25, 0.3) is 11.1 Å². The predicted molar refractivity (Wildman–Crippen MR) is 114 cm³/mol. The van der Waals surface area contributed by atoms with Gasteiger partial charge in [-0.25, -0.2) is 0 Å². The van der Waals surface area contributed by atoms with E-state index in [9.17, 15) is 0 Å². The normalized spacial score (nSPS) is 12.2. The molecule has 0 saturated carbocycles. The molecule has 146 valence electrons. The predicted octanol–water partition coefficient (Wildman–Crippen LogP) is 1.87. The fourth-order valence-electron chi connectivity index (χ4n) is 4.06. The van der Waals surface area contributed by atoms with Gasteiger partial charge in [-0.1, -0.05) is 81.4 Å². The van der Waals surface area contributed by atoms with Crippen molar-refractivity contribution in [3.05, 3.63) is 94.5 Å². The van der Waals surface area contributed by atoms with Gasteiger partial charge in [-0.2, -0.15) is 0 Å². The van der Waals surface area contributed by atoms with Crippen LogP contribution in [-0.2, 0) is 24.8 Å². The van der Waals surface area contributed by atoms with E-state index in [0.29, 0.717) is 0 Å². The molecule has 0 fully saturated rings. The average Bonchev–Trinajstić information content (AvgIpc) is 3.02. The third-order valence-corrected chi connectivity index (χ3v) is 5.67. The summed E-state index contributed by atoms with van der Waals surface area (Å²) in [4.78, 5) is 0. The van der Waals surface area contributed by atoms with E-state index in [4.69, 9.17) is 0 Å². The third kappa shape index (κ3) is 4.48. The molecule has 0 saturated heterocycles. The highest BCUT2D eigenvalue weighted by Crippen LogP contribution is 2.36. The van der Waals surface area contributed by atoms with E-state index in [0.717, 1.165) is 25.9 Å². The summed E-state index contributed by atoms with van der Waals surface area (Å²) < 4.78 is 0. The van der Waals surface area contributed by atoms with Gasteiger partial charge < -0.3 is 17.7 Å².